The maximum absolute atomic E-state index is 9.64. The van der Waals surface area contributed by atoms with Crippen molar-refractivity contribution < 1.29 is 9.84 Å². The van der Waals surface area contributed by atoms with E-state index in [1.165, 1.54) is 0 Å². The van der Waals surface area contributed by atoms with Crippen molar-refractivity contribution in [1.29, 1.82) is 5.26 Å². The van der Waals surface area contributed by atoms with Crippen molar-refractivity contribution >= 4 is 0 Å². The molecule has 0 aliphatic carbocycles. The van der Waals surface area contributed by atoms with Gasteiger partial charge in [-0.1, -0.05) is 0 Å². The molecule has 0 rings (SSSR count). The van der Waals surface area contributed by atoms with Crippen molar-refractivity contribution in [2.45, 2.75) is 45.4 Å². The number of nitrogens with zero attached hydrogens (tertiary/aromatic N) is 2. The molecule has 2 atom stereocenters. The Labute approximate surface area is 92.4 Å². The van der Waals surface area contributed by atoms with Gasteiger partial charge in [-0.15, -0.1) is 0 Å². The first-order valence-corrected chi connectivity index (χ1v) is 5.34. The third-order valence-electron chi connectivity index (χ3n) is 2.26. The van der Waals surface area contributed by atoms with Crippen LogP contribution in [0, 0.1) is 11.3 Å². The Bertz CT molecular complexity index is 201. The lowest BCUT2D eigenvalue weighted by atomic mass is 10.2. The molecule has 0 amide bonds. The molecule has 0 radical (unpaired) electrons. The molecular weight excluding hydrogens is 192 g/mol. The Morgan fingerprint density at radius 2 is 2.00 bits per heavy atom. The zero-order valence-corrected chi connectivity index (χ0v) is 10.1. The summed E-state index contributed by atoms with van der Waals surface area (Å²) in [6, 6.07) is 2.29. The lowest BCUT2D eigenvalue weighted by Gasteiger charge is -2.25. The lowest BCUT2D eigenvalue weighted by Crippen LogP contribution is -2.38. The summed E-state index contributed by atoms with van der Waals surface area (Å²) in [7, 11) is 1.90. The van der Waals surface area contributed by atoms with Crippen LogP contribution in [0.2, 0.25) is 0 Å². The van der Waals surface area contributed by atoms with Gasteiger partial charge >= 0.3 is 0 Å². The molecular formula is C11H22N2O2. The summed E-state index contributed by atoms with van der Waals surface area (Å²) in [5, 5.41) is 18.2. The second-order valence-electron chi connectivity index (χ2n) is 4.19. The van der Waals surface area contributed by atoms with Gasteiger partial charge in [0.05, 0.1) is 31.3 Å². The molecule has 0 aromatic heterocycles. The Morgan fingerprint density at radius 3 is 2.47 bits per heavy atom. The molecule has 0 aliphatic rings. The second-order valence-corrected chi connectivity index (χ2v) is 4.19. The number of hydrogen-bond donors (Lipinski definition) is 1. The van der Waals surface area contributed by atoms with E-state index >= 15 is 0 Å². The first-order valence-electron chi connectivity index (χ1n) is 5.34. The van der Waals surface area contributed by atoms with E-state index in [9.17, 15) is 5.11 Å². The zero-order chi connectivity index (χ0) is 11.8. The molecule has 4 heteroatoms. The molecule has 4 nitrogen and oxygen atoms in total. The summed E-state index contributed by atoms with van der Waals surface area (Å²) in [6.07, 6.45) is 0.133. The van der Waals surface area contributed by atoms with Crippen LogP contribution in [0.4, 0.5) is 0 Å². The third-order valence-corrected chi connectivity index (χ3v) is 2.26. The molecule has 0 spiro atoms. The van der Waals surface area contributed by atoms with E-state index in [1.54, 1.807) is 0 Å². The van der Waals surface area contributed by atoms with Gasteiger partial charge in [0.1, 0.15) is 0 Å². The number of aliphatic hydroxyl groups excluding tert-OH is 1. The SMILES string of the molecule is CC(C)OCC(O)CN(C)C(C)CC#N. The Kier molecular flexibility index (Phi) is 7.31. The smallest absolute Gasteiger partial charge is 0.0900 e. The van der Waals surface area contributed by atoms with E-state index in [0.29, 0.717) is 19.6 Å². The van der Waals surface area contributed by atoms with Crippen molar-refractivity contribution in [3.05, 3.63) is 0 Å². The quantitative estimate of drug-likeness (QED) is 0.687. The minimum absolute atomic E-state index is 0.140. The van der Waals surface area contributed by atoms with E-state index in [-0.39, 0.29) is 12.1 Å². The summed E-state index contributed by atoms with van der Waals surface area (Å²) in [4.78, 5) is 1.97. The standard InChI is InChI=1S/C11H22N2O2/c1-9(2)15-8-11(14)7-13(4)10(3)5-6-12/h9-11,14H,5,7-8H2,1-4H3. The van der Waals surface area contributed by atoms with E-state index in [1.807, 2.05) is 32.7 Å². The van der Waals surface area contributed by atoms with Crippen LogP contribution in [0.15, 0.2) is 0 Å². The molecule has 88 valence electrons. The summed E-state index contributed by atoms with van der Waals surface area (Å²) in [5.74, 6) is 0. The van der Waals surface area contributed by atoms with Gasteiger partial charge in [-0.2, -0.15) is 5.26 Å². The first-order chi connectivity index (χ1) is 6.97. The highest BCUT2D eigenvalue weighted by Crippen LogP contribution is 2.02. The van der Waals surface area contributed by atoms with Crippen LogP contribution >= 0.6 is 0 Å². The minimum Gasteiger partial charge on any atom is -0.389 e. The molecule has 15 heavy (non-hydrogen) atoms. The Hall–Kier alpha value is -0.630. The van der Waals surface area contributed by atoms with Gasteiger partial charge in [-0.3, -0.25) is 0 Å². The number of likely N-dealkylation sites (N-methyl/N-ethyl adjacent to an activating group) is 1. The molecule has 0 aromatic carbocycles. The van der Waals surface area contributed by atoms with Gasteiger partial charge in [0.2, 0.25) is 0 Å². The van der Waals surface area contributed by atoms with Crippen molar-refractivity contribution in [2.75, 3.05) is 20.2 Å². The maximum Gasteiger partial charge on any atom is 0.0900 e. The highest BCUT2D eigenvalue weighted by molar-refractivity contribution is 4.79. The van der Waals surface area contributed by atoms with E-state index in [0.717, 1.165) is 0 Å². The van der Waals surface area contributed by atoms with Crippen LogP contribution in [0.25, 0.3) is 0 Å². The first kappa shape index (κ1) is 14.4. The van der Waals surface area contributed by atoms with Crippen molar-refractivity contribution in [3.63, 3.8) is 0 Å². The van der Waals surface area contributed by atoms with Gasteiger partial charge in [0.25, 0.3) is 0 Å². The van der Waals surface area contributed by atoms with Crippen LogP contribution < -0.4 is 0 Å². The van der Waals surface area contributed by atoms with Crippen LogP contribution in [0.5, 0.6) is 0 Å². The van der Waals surface area contributed by atoms with Crippen molar-refractivity contribution in [2.24, 2.45) is 0 Å². The van der Waals surface area contributed by atoms with E-state index in [2.05, 4.69) is 6.07 Å². The Morgan fingerprint density at radius 1 is 1.40 bits per heavy atom. The number of nitriles is 1. The summed E-state index contributed by atoms with van der Waals surface area (Å²) in [5.41, 5.74) is 0. The molecule has 0 aliphatic heterocycles. The fourth-order valence-electron chi connectivity index (χ4n) is 1.16. The second kappa shape index (κ2) is 7.63. The van der Waals surface area contributed by atoms with Crippen LogP contribution in [0.3, 0.4) is 0 Å². The van der Waals surface area contributed by atoms with Gasteiger partial charge in [-0.05, 0) is 27.8 Å². The summed E-state index contributed by atoms with van der Waals surface area (Å²) >= 11 is 0. The Balaban J connectivity index is 3.75. The van der Waals surface area contributed by atoms with Gasteiger partial charge < -0.3 is 14.7 Å². The molecule has 1 N–H and O–H groups in total. The summed E-state index contributed by atoms with van der Waals surface area (Å²) < 4.78 is 5.30. The molecule has 0 saturated heterocycles. The predicted molar refractivity (Wildman–Crippen MR) is 59.4 cm³/mol. The highest BCUT2D eigenvalue weighted by Gasteiger charge is 2.13. The normalized spacial score (nSPS) is 15.3. The molecule has 2 unspecified atom stereocenters. The number of ether oxygens (including phenoxy) is 1. The minimum atomic E-state index is -0.487. The lowest BCUT2D eigenvalue weighted by molar-refractivity contribution is -0.00914. The molecule has 0 fully saturated rings. The number of hydrogen-bond acceptors (Lipinski definition) is 4. The van der Waals surface area contributed by atoms with Crippen LogP contribution in [0.1, 0.15) is 27.2 Å². The fourth-order valence-corrected chi connectivity index (χ4v) is 1.16. The average Bonchev–Trinajstić information content (AvgIpc) is 2.15. The average molecular weight is 214 g/mol. The molecule has 0 heterocycles. The van der Waals surface area contributed by atoms with Gasteiger partial charge in [-0.25, -0.2) is 0 Å². The largest absolute Gasteiger partial charge is 0.389 e. The number of aliphatic hydroxyl groups is 1. The third kappa shape index (κ3) is 7.32. The summed E-state index contributed by atoms with van der Waals surface area (Å²) in [6.45, 7) is 6.74. The topological polar surface area (TPSA) is 56.5 Å². The van der Waals surface area contributed by atoms with Crippen LogP contribution in [-0.4, -0.2) is 48.5 Å². The van der Waals surface area contributed by atoms with E-state index < -0.39 is 6.10 Å². The molecule has 0 bridgehead atoms. The van der Waals surface area contributed by atoms with Crippen molar-refractivity contribution in [3.8, 4) is 6.07 Å². The zero-order valence-electron chi connectivity index (χ0n) is 10.1. The van der Waals surface area contributed by atoms with Crippen LogP contribution in [-0.2, 0) is 4.74 Å². The maximum atomic E-state index is 9.64. The van der Waals surface area contributed by atoms with E-state index in [4.69, 9.17) is 10.00 Å². The predicted octanol–water partition coefficient (Wildman–Crippen LogP) is 1.01. The number of rotatable bonds is 7. The molecule has 0 aromatic rings. The van der Waals surface area contributed by atoms with Crippen molar-refractivity contribution in [1.82, 2.24) is 4.90 Å². The van der Waals surface area contributed by atoms with Gasteiger partial charge in [0, 0.05) is 12.6 Å². The fraction of sp³-hybridized carbons (Fsp3) is 0.909. The van der Waals surface area contributed by atoms with Gasteiger partial charge in [0.15, 0.2) is 0 Å². The highest BCUT2D eigenvalue weighted by atomic mass is 16.5. The molecule has 0 saturated carbocycles. The monoisotopic (exact) mass is 214 g/mol.